The van der Waals surface area contributed by atoms with Gasteiger partial charge in [-0.15, -0.1) is 24.0 Å². The minimum atomic E-state index is -0.258. The molecule has 22 heavy (non-hydrogen) atoms. The Balaban J connectivity index is 0.00000176. The number of hydrogen-bond acceptors (Lipinski definition) is 2. The van der Waals surface area contributed by atoms with Gasteiger partial charge in [0.2, 0.25) is 0 Å². The van der Waals surface area contributed by atoms with Gasteiger partial charge in [-0.25, -0.2) is 14.1 Å². The van der Waals surface area contributed by atoms with E-state index < -0.39 is 0 Å². The number of hydrogen-bond donors (Lipinski definition) is 1. The molecule has 0 atom stereocenters. The molecule has 1 aliphatic rings. The monoisotopic (exact) mass is 415 g/mol. The lowest BCUT2D eigenvalue weighted by Crippen LogP contribution is -2.35. The number of rotatable bonds is 4. The lowest BCUT2D eigenvalue weighted by molar-refractivity contribution is 0.487. The van der Waals surface area contributed by atoms with Gasteiger partial charge in [0, 0.05) is 19.3 Å². The van der Waals surface area contributed by atoms with E-state index in [1.54, 1.807) is 16.8 Å². The van der Waals surface area contributed by atoms with Crippen molar-refractivity contribution in [1.29, 1.82) is 0 Å². The number of nitrogens with zero attached hydrogens (tertiary/aromatic N) is 4. The van der Waals surface area contributed by atoms with E-state index in [1.807, 2.05) is 24.2 Å². The maximum absolute atomic E-state index is 12.9. The van der Waals surface area contributed by atoms with Crippen LogP contribution in [0.4, 0.5) is 4.39 Å². The maximum atomic E-state index is 12.9. The zero-order valence-electron chi connectivity index (χ0n) is 12.3. The van der Waals surface area contributed by atoms with Gasteiger partial charge in [0.15, 0.2) is 5.96 Å². The summed E-state index contributed by atoms with van der Waals surface area (Å²) in [6.45, 7) is 0.442. The molecule has 0 saturated heterocycles. The Morgan fingerprint density at radius 2 is 2.05 bits per heavy atom. The molecule has 1 saturated carbocycles. The van der Waals surface area contributed by atoms with Crippen molar-refractivity contribution in [2.24, 2.45) is 10.7 Å². The van der Waals surface area contributed by atoms with Gasteiger partial charge in [-0.2, -0.15) is 5.10 Å². The van der Waals surface area contributed by atoms with Crippen LogP contribution in [-0.2, 0) is 6.54 Å². The molecule has 1 aliphatic carbocycles. The molecular weight excluding hydrogens is 396 g/mol. The van der Waals surface area contributed by atoms with Crippen LogP contribution in [-0.4, -0.2) is 33.7 Å². The second-order valence-electron chi connectivity index (χ2n) is 5.24. The van der Waals surface area contributed by atoms with Crippen molar-refractivity contribution in [3.63, 3.8) is 0 Å². The van der Waals surface area contributed by atoms with Crippen molar-refractivity contribution in [3.05, 3.63) is 48.0 Å². The van der Waals surface area contributed by atoms with E-state index in [0.717, 1.165) is 11.4 Å². The fourth-order valence-electron chi connectivity index (χ4n) is 2.11. The van der Waals surface area contributed by atoms with Crippen molar-refractivity contribution in [3.8, 4) is 5.69 Å². The summed E-state index contributed by atoms with van der Waals surface area (Å²) >= 11 is 0. The van der Waals surface area contributed by atoms with Gasteiger partial charge in [0.1, 0.15) is 5.82 Å². The summed E-state index contributed by atoms with van der Waals surface area (Å²) in [4.78, 5) is 6.37. The second-order valence-corrected chi connectivity index (χ2v) is 5.24. The summed E-state index contributed by atoms with van der Waals surface area (Å²) in [7, 11) is 1.97. The quantitative estimate of drug-likeness (QED) is 0.475. The zero-order chi connectivity index (χ0) is 14.8. The molecule has 118 valence electrons. The van der Waals surface area contributed by atoms with Crippen molar-refractivity contribution in [1.82, 2.24) is 14.7 Å². The first-order valence-corrected chi connectivity index (χ1v) is 6.97. The molecule has 3 rings (SSSR count). The topological polar surface area (TPSA) is 59.4 Å². The van der Waals surface area contributed by atoms with Gasteiger partial charge < -0.3 is 10.6 Å². The molecule has 0 unspecified atom stereocenters. The molecule has 1 fully saturated rings. The van der Waals surface area contributed by atoms with E-state index in [-0.39, 0.29) is 29.8 Å². The number of halogens is 2. The summed E-state index contributed by atoms with van der Waals surface area (Å²) < 4.78 is 14.6. The molecule has 0 radical (unpaired) electrons. The third kappa shape index (κ3) is 3.96. The first kappa shape index (κ1) is 16.7. The van der Waals surface area contributed by atoms with Crippen LogP contribution < -0.4 is 5.73 Å². The molecule has 5 nitrogen and oxygen atoms in total. The SMILES string of the molecule is CN(C(N)=NCc1ccn(-c2ccc(F)cc2)n1)C1CC1.I. The fraction of sp³-hybridized carbons (Fsp3) is 0.333. The number of aliphatic imine (C=N–C) groups is 1. The highest BCUT2D eigenvalue weighted by Crippen LogP contribution is 2.24. The molecule has 1 aromatic carbocycles. The normalized spacial score (nSPS) is 14.5. The minimum Gasteiger partial charge on any atom is -0.370 e. The predicted molar refractivity (Wildman–Crippen MR) is 95.0 cm³/mol. The third-order valence-electron chi connectivity index (χ3n) is 3.59. The summed E-state index contributed by atoms with van der Waals surface area (Å²) in [6, 6.07) is 8.63. The van der Waals surface area contributed by atoms with Crippen LogP contribution in [0.15, 0.2) is 41.5 Å². The molecule has 0 amide bonds. The van der Waals surface area contributed by atoms with Crippen LogP contribution in [0.2, 0.25) is 0 Å². The molecular formula is C15H19FIN5. The smallest absolute Gasteiger partial charge is 0.191 e. The minimum absolute atomic E-state index is 0. The fourth-order valence-corrected chi connectivity index (χ4v) is 2.11. The van der Waals surface area contributed by atoms with Crippen LogP contribution in [0.1, 0.15) is 18.5 Å². The molecule has 2 N–H and O–H groups in total. The predicted octanol–water partition coefficient (Wildman–Crippen LogP) is 2.54. The highest BCUT2D eigenvalue weighted by molar-refractivity contribution is 14.0. The van der Waals surface area contributed by atoms with E-state index in [1.165, 1.54) is 25.0 Å². The second kappa shape index (κ2) is 7.08. The lowest BCUT2D eigenvalue weighted by Gasteiger charge is -2.16. The zero-order valence-corrected chi connectivity index (χ0v) is 14.6. The highest BCUT2D eigenvalue weighted by atomic mass is 127. The van der Waals surface area contributed by atoms with Gasteiger partial charge in [-0.1, -0.05) is 0 Å². The summed E-state index contributed by atoms with van der Waals surface area (Å²) in [5.74, 6) is 0.292. The average molecular weight is 415 g/mol. The van der Waals surface area contributed by atoms with E-state index >= 15 is 0 Å². The van der Waals surface area contributed by atoms with Gasteiger partial charge in [-0.3, -0.25) is 0 Å². The summed E-state index contributed by atoms with van der Waals surface area (Å²) in [6.07, 6.45) is 4.21. The molecule has 2 aromatic rings. The third-order valence-corrected chi connectivity index (χ3v) is 3.59. The van der Waals surface area contributed by atoms with E-state index in [0.29, 0.717) is 18.5 Å². The molecule has 1 heterocycles. The Hall–Kier alpha value is -1.64. The Morgan fingerprint density at radius 1 is 1.36 bits per heavy atom. The van der Waals surface area contributed by atoms with Crippen LogP contribution in [0.25, 0.3) is 5.69 Å². The highest BCUT2D eigenvalue weighted by Gasteiger charge is 2.27. The average Bonchev–Trinajstić information content (AvgIpc) is 3.23. The van der Waals surface area contributed by atoms with Crippen molar-refractivity contribution >= 4 is 29.9 Å². The Kier molecular flexibility index (Phi) is 5.38. The van der Waals surface area contributed by atoms with E-state index in [4.69, 9.17) is 5.73 Å². The first-order chi connectivity index (χ1) is 10.1. The Morgan fingerprint density at radius 3 is 2.68 bits per heavy atom. The van der Waals surface area contributed by atoms with Gasteiger partial charge >= 0.3 is 0 Å². The van der Waals surface area contributed by atoms with Crippen LogP contribution in [0.3, 0.4) is 0 Å². The van der Waals surface area contributed by atoms with Crippen molar-refractivity contribution in [2.75, 3.05) is 7.05 Å². The number of benzene rings is 1. The maximum Gasteiger partial charge on any atom is 0.191 e. The van der Waals surface area contributed by atoms with Crippen LogP contribution >= 0.6 is 24.0 Å². The molecule has 1 aromatic heterocycles. The lowest BCUT2D eigenvalue weighted by atomic mass is 10.3. The van der Waals surface area contributed by atoms with E-state index in [2.05, 4.69) is 10.1 Å². The number of nitrogens with two attached hydrogens (primary N) is 1. The molecule has 0 aliphatic heterocycles. The van der Waals surface area contributed by atoms with Crippen LogP contribution in [0, 0.1) is 5.82 Å². The molecule has 0 spiro atoms. The summed E-state index contributed by atoms with van der Waals surface area (Å²) in [5, 5.41) is 4.41. The number of guanidine groups is 1. The van der Waals surface area contributed by atoms with Gasteiger partial charge in [0.25, 0.3) is 0 Å². The van der Waals surface area contributed by atoms with Crippen LogP contribution in [0.5, 0.6) is 0 Å². The van der Waals surface area contributed by atoms with Gasteiger partial charge in [-0.05, 0) is 43.2 Å². The van der Waals surface area contributed by atoms with E-state index in [9.17, 15) is 4.39 Å². The first-order valence-electron chi connectivity index (χ1n) is 6.97. The van der Waals surface area contributed by atoms with Gasteiger partial charge in [0.05, 0.1) is 17.9 Å². The Labute approximate surface area is 146 Å². The summed E-state index contributed by atoms with van der Waals surface area (Å²) in [5.41, 5.74) is 7.58. The molecule has 7 heteroatoms. The largest absolute Gasteiger partial charge is 0.370 e. The number of aromatic nitrogens is 2. The van der Waals surface area contributed by atoms with Crippen molar-refractivity contribution in [2.45, 2.75) is 25.4 Å². The Bertz CT molecular complexity index is 648. The van der Waals surface area contributed by atoms with Crippen molar-refractivity contribution < 1.29 is 4.39 Å². The standard InChI is InChI=1S/C15H18FN5.HI/c1-20(13-6-7-13)15(17)18-10-12-8-9-21(19-12)14-4-2-11(16)3-5-14;/h2-5,8-9,13H,6-7,10H2,1H3,(H2,17,18);1H. The molecule has 0 bridgehead atoms.